The summed E-state index contributed by atoms with van der Waals surface area (Å²) in [6.07, 6.45) is 1.15. The first-order valence-electron chi connectivity index (χ1n) is 8.56. The van der Waals surface area contributed by atoms with Gasteiger partial charge in [-0.15, -0.1) is 0 Å². The minimum absolute atomic E-state index is 0.0170. The molecule has 1 N–H and O–H groups in total. The zero-order valence-electron chi connectivity index (χ0n) is 15.7. The van der Waals surface area contributed by atoms with Crippen LogP contribution >= 0.6 is 0 Å². The number of rotatable bonds is 8. The molecular formula is C20H24N2O4S. The van der Waals surface area contributed by atoms with Gasteiger partial charge in [0.25, 0.3) is 0 Å². The van der Waals surface area contributed by atoms with Gasteiger partial charge in [-0.25, -0.2) is 8.42 Å². The Labute approximate surface area is 160 Å². The average Bonchev–Trinajstić information content (AvgIpc) is 2.58. The molecule has 0 fully saturated rings. The molecule has 2 aromatic carbocycles. The Bertz CT molecular complexity index is 939. The predicted octanol–water partition coefficient (Wildman–Crippen LogP) is 2.99. The number of anilines is 1. The maximum Gasteiger partial charge on any atom is 0.225 e. The van der Waals surface area contributed by atoms with Crippen LogP contribution in [0.2, 0.25) is 0 Å². The van der Waals surface area contributed by atoms with Crippen LogP contribution < -0.4 is 5.32 Å². The standard InChI is InChI=1S/C20H24N2O4S/c1-15-6-4-7-17(12-15)14-22(27(3,25)26)11-10-20(24)21-19-9-5-8-18(13-19)16(2)23/h4-9,12-13H,10-11,14H2,1-3H3,(H,21,24). The van der Waals surface area contributed by atoms with E-state index >= 15 is 0 Å². The van der Waals surface area contributed by atoms with E-state index in [1.54, 1.807) is 24.3 Å². The summed E-state index contributed by atoms with van der Waals surface area (Å²) in [7, 11) is -3.45. The molecule has 0 aromatic heterocycles. The first-order chi connectivity index (χ1) is 12.6. The average molecular weight is 388 g/mol. The van der Waals surface area contributed by atoms with Crippen molar-refractivity contribution in [1.29, 1.82) is 0 Å². The number of nitrogens with zero attached hydrogens (tertiary/aromatic N) is 1. The molecule has 27 heavy (non-hydrogen) atoms. The Morgan fingerprint density at radius 1 is 1.07 bits per heavy atom. The zero-order valence-corrected chi connectivity index (χ0v) is 16.5. The van der Waals surface area contributed by atoms with Crippen LogP contribution in [0, 0.1) is 6.92 Å². The van der Waals surface area contributed by atoms with Crippen LogP contribution in [0.1, 0.15) is 34.8 Å². The molecule has 0 saturated carbocycles. The molecule has 0 radical (unpaired) electrons. The zero-order chi connectivity index (χ0) is 20.0. The number of hydrogen-bond donors (Lipinski definition) is 1. The van der Waals surface area contributed by atoms with Gasteiger partial charge in [-0.2, -0.15) is 4.31 Å². The fourth-order valence-corrected chi connectivity index (χ4v) is 3.45. The molecule has 0 aliphatic carbocycles. The molecule has 0 aliphatic heterocycles. The van der Waals surface area contributed by atoms with Crippen LogP contribution in [0.4, 0.5) is 5.69 Å². The number of carbonyl (C=O) groups is 2. The summed E-state index contributed by atoms with van der Waals surface area (Å²) < 4.78 is 25.4. The molecule has 2 aromatic rings. The quantitative estimate of drug-likeness (QED) is 0.705. The molecule has 0 unspecified atom stereocenters. The van der Waals surface area contributed by atoms with Gasteiger partial charge in [0.1, 0.15) is 0 Å². The van der Waals surface area contributed by atoms with Gasteiger partial charge in [-0.3, -0.25) is 9.59 Å². The molecule has 0 atom stereocenters. The molecule has 0 bridgehead atoms. The fraction of sp³-hybridized carbons (Fsp3) is 0.300. The van der Waals surface area contributed by atoms with Gasteiger partial charge in [-0.1, -0.05) is 42.0 Å². The number of sulfonamides is 1. The van der Waals surface area contributed by atoms with Gasteiger partial charge in [-0.05, 0) is 31.5 Å². The molecule has 6 nitrogen and oxygen atoms in total. The summed E-state index contributed by atoms with van der Waals surface area (Å²) >= 11 is 0. The van der Waals surface area contributed by atoms with Gasteiger partial charge in [0.2, 0.25) is 15.9 Å². The van der Waals surface area contributed by atoms with Crippen molar-refractivity contribution in [2.24, 2.45) is 0 Å². The lowest BCUT2D eigenvalue weighted by molar-refractivity contribution is -0.116. The van der Waals surface area contributed by atoms with E-state index in [0.29, 0.717) is 11.3 Å². The number of carbonyl (C=O) groups excluding carboxylic acids is 2. The van der Waals surface area contributed by atoms with Gasteiger partial charge >= 0.3 is 0 Å². The Kier molecular flexibility index (Phi) is 6.87. The first-order valence-corrected chi connectivity index (χ1v) is 10.4. The van der Waals surface area contributed by atoms with E-state index in [2.05, 4.69) is 5.32 Å². The van der Waals surface area contributed by atoms with Crippen LogP contribution in [0.5, 0.6) is 0 Å². The second-order valence-corrected chi connectivity index (χ2v) is 8.50. The van der Waals surface area contributed by atoms with Crippen molar-refractivity contribution in [3.05, 3.63) is 65.2 Å². The monoisotopic (exact) mass is 388 g/mol. The van der Waals surface area contributed by atoms with Crippen LogP contribution in [0.15, 0.2) is 48.5 Å². The lowest BCUT2D eigenvalue weighted by Crippen LogP contribution is -2.32. The summed E-state index contributed by atoms with van der Waals surface area (Å²) in [5.74, 6) is -0.402. The lowest BCUT2D eigenvalue weighted by atomic mass is 10.1. The number of nitrogens with one attached hydrogen (secondary N) is 1. The second kappa shape index (κ2) is 8.92. The largest absolute Gasteiger partial charge is 0.326 e. The molecule has 0 saturated heterocycles. The number of benzene rings is 2. The van der Waals surface area contributed by atoms with Gasteiger partial charge < -0.3 is 5.32 Å². The molecule has 0 spiro atoms. The van der Waals surface area contributed by atoms with Gasteiger partial charge in [0.15, 0.2) is 5.78 Å². The third-order valence-corrected chi connectivity index (χ3v) is 5.30. The van der Waals surface area contributed by atoms with E-state index in [4.69, 9.17) is 0 Å². The summed E-state index contributed by atoms with van der Waals surface area (Å²) in [6, 6.07) is 14.2. The minimum atomic E-state index is -3.45. The molecule has 0 aliphatic rings. The normalized spacial score (nSPS) is 11.4. The number of hydrogen-bond acceptors (Lipinski definition) is 4. The highest BCUT2D eigenvalue weighted by molar-refractivity contribution is 7.88. The molecular weight excluding hydrogens is 364 g/mol. The Morgan fingerprint density at radius 3 is 2.41 bits per heavy atom. The number of aryl methyl sites for hydroxylation is 1. The van der Waals surface area contributed by atoms with E-state index in [0.717, 1.165) is 17.4 Å². The first kappa shape index (κ1) is 20.8. The Hall–Kier alpha value is -2.51. The van der Waals surface area contributed by atoms with Crippen LogP contribution in [0.3, 0.4) is 0 Å². The Balaban J connectivity index is 2.01. The maximum absolute atomic E-state index is 12.2. The van der Waals surface area contributed by atoms with Crippen molar-refractivity contribution in [2.75, 3.05) is 18.1 Å². The molecule has 0 heterocycles. The molecule has 144 valence electrons. The molecule has 7 heteroatoms. The third kappa shape index (κ3) is 6.62. The smallest absolute Gasteiger partial charge is 0.225 e. The van der Waals surface area contributed by atoms with Crippen LogP contribution in [-0.4, -0.2) is 37.2 Å². The van der Waals surface area contributed by atoms with E-state index in [1.165, 1.54) is 11.2 Å². The van der Waals surface area contributed by atoms with Crippen LogP contribution in [0.25, 0.3) is 0 Å². The Morgan fingerprint density at radius 2 is 1.78 bits per heavy atom. The van der Waals surface area contributed by atoms with E-state index < -0.39 is 10.0 Å². The van der Waals surface area contributed by atoms with Crippen LogP contribution in [-0.2, 0) is 21.4 Å². The van der Waals surface area contributed by atoms with Crippen molar-refractivity contribution < 1.29 is 18.0 Å². The number of ketones is 1. The van der Waals surface area contributed by atoms with E-state index in [-0.39, 0.29) is 31.2 Å². The lowest BCUT2D eigenvalue weighted by Gasteiger charge is -2.20. The number of Topliss-reactive ketones (excluding diaryl/α,β-unsaturated/α-hetero) is 1. The minimum Gasteiger partial charge on any atom is -0.326 e. The van der Waals surface area contributed by atoms with Crippen molar-refractivity contribution >= 4 is 27.4 Å². The molecule has 2 rings (SSSR count). The second-order valence-electron chi connectivity index (χ2n) is 6.52. The summed E-state index contributed by atoms with van der Waals surface area (Å²) in [4.78, 5) is 23.6. The van der Waals surface area contributed by atoms with E-state index in [9.17, 15) is 18.0 Å². The fourth-order valence-electron chi connectivity index (χ4n) is 2.64. The summed E-state index contributed by atoms with van der Waals surface area (Å²) in [5.41, 5.74) is 2.93. The van der Waals surface area contributed by atoms with Crippen molar-refractivity contribution in [1.82, 2.24) is 4.31 Å². The van der Waals surface area contributed by atoms with Crippen molar-refractivity contribution in [2.45, 2.75) is 26.8 Å². The highest BCUT2D eigenvalue weighted by Crippen LogP contribution is 2.13. The van der Waals surface area contributed by atoms with Crippen molar-refractivity contribution in [3.63, 3.8) is 0 Å². The predicted molar refractivity (Wildman–Crippen MR) is 106 cm³/mol. The SMILES string of the molecule is CC(=O)c1cccc(NC(=O)CCN(Cc2cccc(C)c2)S(C)(=O)=O)c1. The molecule has 1 amide bonds. The highest BCUT2D eigenvalue weighted by Gasteiger charge is 2.18. The van der Waals surface area contributed by atoms with Gasteiger partial charge in [0.05, 0.1) is 6.26 Å². The summed E-state index contributed by atoms with van der Waals surface area (Å²) in [5, 5.41) is 2.70. The third-order valence-electron chi connectivity index (χ3n) is 4.05. The topological polar surface area (TPSA) is 83.6 Å². The van der Waals surface area contributed by atoms with Gasteiger partial charge in [0, 0.05) is 30.8 Å². The summed E-state index contributed by atoms with van der Waals surface area (Å²) in [6.45, 7) is 3.69. The maximum atomic E-state index is 12.2. The highest BCUT2D eigenvalue weighted by atomic mass is 32.2. The number of amides is 1. The van der Waals surface area contributed by atoms with E-state index in [1.807, 2.05) is 31.2 Å². The van der Waals surface area contributed by atoms with Crippen molar-refractivity contribution in [3.8, 4) is 0 Å².